The molecule has 0 saturated heterocycles. The highest BCUT2D eigenvalue weighted by atomic mass is 19.3. The number of benzene rings is 2. The molecule has 0 unspecified atom stereocenters. The predicted octanol–water partition coefficient (Wildman–Crippen LogP) is 4.07. The molecule has 5 nitrogen and oxygen atoms in total. The number of nitro benzene ring substituents is 1. The van der Waals surface area contributed by atoms with Crippen LogP contribution in [0.25, 0.3) is 11.1 Å². The fraction of sp³-hybridized carbons (Fsp3) is 0.133. The van der Waals surface area contributed by atoms with E-state index in [-0.39, 0.29) is 5.78 Å². The van der Waals surface area contributed by atoms with Gasteiger partial charge in [0.15, 0.2) is 5.78 Å². The van der Waals surface area contributed by atoms with Crippen molar-refractivity contribution in [3.8, 4) is 16.9 Å². The lowest BCUT2D eigenvalue weighted by atomic mass is 10.0. The third kappa shape index (κ3) is 3.43. The molecule has 0 aliphatic carbocycles. The Bertz CT molecular complexity index is 731. The minimum Gasteiger partial charge on any atom is -0.427 e. The van der Waals surface area contributed by atoms with Crippen LogP contribution in [0.1, 0.15) is 17.3 Å². The van der Waals surface area contributed by atoms with Crippen LogP contribution in [0.15, 0.2) is 42.5 Å². The van der Waals surface area contributed by atoms with Gasteiger partial charge < -0.3 is 4.74 Å². The number of carbonyl (C=O) groups excluding carboxylic acids is 1. The molecule has 0 N–H and O–H groups in total. The fourth-order valence-corrected chi connectivity index (χ4v) is 1.95. The van der Waals surface area contributed by atoms with Crippen LogP contribution < -0.4 is 4.74 Å². The van der Waals surface area contributed by atoms with Gasteiger partial charge in [0, 0.05) is 11.6 Å². The van der Waals surface area contributed by atoms with E-state index in [4.69, 9.17) is 0 Å². The Morgan fingerprint density at radius 3 is 2.45 bits per heavy atom. The summed E-state index contributed by atoms with van der Waals surface area (Å²) >= 11 is 0. The van der Waals surface area contributed by atoms with Crippen molar-refractivity contribution in [3.63, 3.8) is 0 Å². The van der Waals surface area contributed by atoms with Crippen molar-refractivity contribution in [1.29, 1.82) is 0 Å². The van der Waals surface area contributed by atoms with Crippen LogP contribution in [-0.4, -0.2) is 17.3 Å². The highest BCUT2D eigenvalue weighted by Crippen LogP contribution is 2.33. The molecule has 0 aliphatic rings. The summed E-state index contributed by atoms with van der Waals surface area (Å²) < 4.78 is 28.6. The van der Waals surface area contributed by atoms with Crippen LogP contribution in [0.5, 0.6) is 5.75 Å². The maximum Gasteiger partial charge on any atom is 0.387 e. The summed E-state index contributed by atoms with van der Waals surface area (Å²) in [5.41, 5.74) is 0.884. The third-order valence-corrected chi connectivity index (χ3v) is 2.97. The first kappa shape index (κ1) is 15.6. The maximum atomic E-state index is 12.2. The SMILES string of the molecule is CC(=O)c1cccc(-c2ccc(OC(F)F)c([N+](=O)[O-])c2)c1. The summed E-state index contributed by atoms with van der Waals surface area (Å²) in [5, 5.41) is 11.0. The quantitative estimate of drug-likeness (QED) is 0.474. The van der Waals surface area contributed by atoms with Crippen LogP contribution in [0.3, 0.4) is 0 Å². The molecule has 0 bridgehead atoms. The van der Waals surface area contributed by atoms with E-state index in [1.165, 1.54) is 13.0 Å². The van der Waals surface area contributed by atoms with E-state index in [0.29, 0.717) is 16.7 Å². The third-order valence-electron chi connectivity index (χ3n) is 2.97. The topological polar surface area (TPSA) is 69.4 Å². The van der Waals surface area contributed by atoms with E-state index >= 15 is 0 Å². The Balaban J connectivity index is 2.48. The molecule has 2 aromatic carbocycles. The smallest absolute Gasteiger partial charge is 0.387 e. The molecule has 0 spiro atoms. The molecule has 0 atom stereocenters. The highest BCUT2D eigenvalue weighted by molar-refractivity contribution is 5.95. The molecule has 114 valence electrons. The van der Waals surface area contributed by atoms with E-state index < -0.39 is 23.0 Å². The highest BCUT2D eigenvalue weighted by Gasteiger charge is 2.19. The minimum absolute atomic E-state index is 0.144. The molecule has 2 aromatic rings. The van der Waals surface area contributed by atoms with Gasteiger partial charge in [-0.3, -0.25) is 14.9 Å². The standard InChI is InChI=1S/C15H11F2NO4/c1-9(19)10-3-2-4-11(7-10)12-5-6-14(22-15(16)17)13(8-12)18(20)21/h2-8,15H,1H3. The summed E-state index contributed by atoms with van der Waals surface area (Å²) in [5.74, 6) is -0.652. The van der Waals surface area contributed by atoms with Gasteiger partial charge in [0.2, 0.25) is 5.75 Å². The average molecular weight is 307 g/mol. The van der Waals surface area contributed by atoms with Gasteiger partial charge in [0.25, 0.3) is 0 Å². The predicted molar refractivity (Wildman–Crippen MR) is 75.2 cm³/mol. The van der Waals surface area contributed by atoms with Crippen molar-refractivity contribution >= 4 is 11.5 Å². The summed E-state index contributed by atoms with van der Waals surface area (Å²) in [6.07, 6.45) is 0. The first-order valence-electron chi connectivity index (χ1n) is 6.23. The van der Waals surface area contributed by atoms with E-state index in [2.05, 4.69) is 4.74 Å². The Kier molecular flexibility index (Phi) is 4.45. The van der Waals surface area contributed by atoms with Crippen molar-refractivity contribution in [1.82, 2.24) is 0 Å². The summed E-state index contributed by atoms with van der Waals surface area (Å²) in [4.78, 5) is 21.6. The molecule has 0 heterocycles. The zero-order chi connectivity index (χ0) is 16.3. The minimum atomic E-state index is -3.15. The number of ether oxygens (including phenoxy) is 1. The molecule has 0 saturated carbocycles. The fourth-order valence-electron chi connectivity index (χ4n) is 1.95. The van der Waals surface area contributed by atoms with Crippen molar-refractivity contribution in [2.75, 3.05) is 0 Å². The first-order valence-corrected chi connectivity index (χ1v) is 6.23. The van der Waals surface area contributed by atoms with Crippen molar-refractivity contribution in [2.24, 2.45) is 0 Å². The number of ketones is 1. The number of nitrogens with zero attached hydrogens (tertiary/aromatic N) is 1. The molecule has 7 heteroatoms. The molecule has 0 aliphatic heterocycles. The van der Waals surface area contributed by atoms with Gasteiger partial charge in [-0.25, -0.2) is 0 Å². The Labute approximate surface area is 124 Å². The molecule has 0 aromatic heterocycles. The zero-order valence-electron chi connectivity index (χ0n) is 11.5. The Hall–Kier alpha value is -2.83. The molecule has 0 amide bonds. The van der Waals surface area contributed by atoms with Gasteiger partial charge in [-0.1, -0.05) is 24.3 Å². The maximum absolute atomic E-state index is 12.2. The number of rotatable bonds is 5. The van der Waals surface area contributed by atoms with Gasteiger partial charge in [-0.15, -0.1) is 0 Å². The summed E-state index contributed by atoms with van der Waals surface area (Å²) in [6, 6.07) is 10.2. The molecular weight excluding hydrogens is 296 g/mol. The van der Waals surface area contributed by atoms with E-state index in [0.717, 1.165) is 12.1 Å². The van der Waals surface area contributed by atoms with E-state index in [1.807, 2.05) is 0 Å². The van der Waals surface area contributed by atoms with Gasteiger partial charge in [0.1, 0.15) is 0 Å². The van der Waals surface area contributed by atoms with Crippen LogP contribution in [0.4, 0.5) is 14.5 Å². The summed E-state index contributed by atoms with van der Waals surface area (Å²) in [7, 11) is 0. The van der Waals surface area contributed by atoms with Crippen LogP contribution >= 0.6 is 0 Å². The second-order valence-electron chi connectivity index (χ2n) is 4.46. The average Bonchev–Trinajstić information content (AvgIpc) is 2.47. The van der Waals surface area contributed by atoms with Gasteiger partial charge in [-0.05, 0) is 30.2 Å². The molecule has 0 fully saturated rings. The number of carbonyl (C=O) groups is 1. The Morgan fingerprint density at radius 1 is 1.18 bits per heavy atom. The van der Waals surface area contributed by atoms with Crippen molar-refractivity contribution in [2.45, 2.75) is 13.5 Å². The van der Waals surface area contributed by atoms with E-state index in [1.54, 1.807) is 24.3 Å². The normalized spacial score (nSPS) is 10.5. The second kappa shape index (κ2) is 6.30. The number of nitro groups is 1. The van der Waals surface area contributed by atoms with Gasteiger partial charge in [0.05, 0.1) is 4.92 Å². The summed E-state index contributed by atoms with van der Waals surface area (Å²) in [6.45, 7) is -1.74. The largest absolute Gasteiger partial charge is 0.427 e. The van der Waals surface area contributed by atoms with Crippen LogP contribution in [0, 0.1) is 10.1 Å². The van der Waals surface area contributed by atoms with Crippen LogP contribution in [-0.2, 0) is 0 Å². The number of hydrogen-bond donors (Lipinski definition) is 0. The van der Waals surface area contributed by atoms with Crippen molar-refractivity contribution in [3.05, 3.63) is 58.1 Å². The monoisotopic (exact) mass is 307 g/mol. The lowest BCUT2D eigenvalue weighted by Gasteiger charge is -2.08. The first-order chi connectivity index (χ1) is 10.4. The van der Waals surface area contributed by atoms with E-state index in [9.17, 15) is 23.7 Å². The lowest BCUT2D eigenvalue weighted by molar-refractivity contribution is -0.386. The molecule has 22 heavy (non-hydrogen) atoms. The Morgan fingerprint density at radius 2 is 1.86 bits per heavy atom. The van der Waals surface area contributed by atoms with Gasteiger partial charge in [-0.2, -0.15) is 8.78 Å². The molecular formula is C15H11F2NO4. The van der Waals surface area contributed by atoms with Crippen molar-refractivity contribution < 1.29 is 23.2 Å². The van der Waals surface area contributed by atoms with Crippen LogP contribution in [0.2, 0.25) is 0 Å². The number of alkyl halides is 2. The lowest BCUT2D eigenvalue weighted by Crippen LogP contribution is -2.04. The second-order valence-corrected chi connectivity index (χ2v) is 4.46. The van der Waals surface area contributed by atoms with Gasteiger partial charge >= 0.3 is 12.3 Å². The zero-order valence-corrected chi connectivity index (χ0v) is 11.5. The number of halogens is 2. The number of Topliss-reactive ketones (excluding diaryl/α,β-unsaturated/α-hetero) is 1. The molecule has 0 radical (unpaired) electrons. The molecule has 2 rings (SSSR count). The number of hydrogen-bond acceptors (Lipinski definition) is 4.